The molecule has 20 heavy (non-hydrogen) atoms. The highest BCUT2D eigenvalue weighted by Gasteiger charge is 2.12. The van der Waals surface area contributed by atoms with E-state index in [4.69, 9.17) is 16.3 Å². The van der Waals surface area contributed by atoms with E-state index in [2.05, 4.69) is 9.97 Å². The average molecular weight is 295 g/mol. The SMILES string of the molecule is Fc1ccc2[nH]c(COc3cccc(Cl)c3)nc2c1F. The Morgan fingerprint density at radius 2 is 2.05 bits per heavy atom. The molecule has 6 heteroatoms. The molecule has 0 saturated heterocycles. The number of aromatic amines is 1. The summed E-state index contributed by atoms with van der Waals surface area (Å²) in [6.07, 6.45) is 0. The Morgan fingerprint density at radius 3 is 2.85 bits per heavy atom. The number of nitrogens with one attached hydrogen (secondary N) is 1. The molecule has 0 spiro atoms. The predicted molar refractivity (Wildman–Crippen MR) is 71.8 cm³/mol. The first-order valence-electron chi connectivity index (χ1n) is 5.84. The van der Waals surface area contributed by atoms with Crippen LogP contribution in [0.1, 0.15) is 5.82 Å². The molecule has 0 aliphatic carbocycles. The number of H-pyrrole nitrogens is 1. The number of imidazole rings is 1. The van der Waals surface area contributed by atoms with Gasteiger partial charge in [-0.05, 0) is 30.3 Å². The molecule has 1 heterocycles. The minimum absolute atomic E-state index is 0.0327. The second kappa shape index (κ2) is 5.09. The third-order valence-electron chi connectivity index (χ3n) is 2.77. The van der Waals surface area contributed by atoms with E-state index in [9.17, 15) is 8.78 Å². The number of halogens is 3. The summed E-state index contributed by atoms with van der Waals surface area (Å²) in [5, 5.41) is 0.556. The van der Waals surface area contributed by atoms with Gasteiger partial charge in [0.25, 0.3) is 0 Å². The highest BCUT2D eigenvalue weighted by Crippen LogP contribution is 2.20. The lowest BCUT2D eigenvalue weighted by Gasteiger charge is -2.03. The van der Waals surface area contributed by atoms with Crippen molar-refractivity contribution in [3.8, 4) is 5.75 Å². The molecular weight excluding hydrogens is 286 g/mol. The van der Waals surface area contributed by atoms with Gasteiger partial charge in [0.05, 0.1) is 5.52 Å². The molecular formula is C14H9ClF2N2O. The number of ether oxygens (including phenoxy) is 1. The largest absolute Gasteiger partial charge is 0.486 e. The van der Waals surface area contributed by atoms with Gasteiger partial charge in [-0.2, -0.15) is 0 Å². The first kappa shape index (κ1) is 12.9. The molecule has 0 aliphatic heterocycles. The van der Waals surface area contributed by atoms with Crippen molar-refractivity contribution in [1.82, 2.24) is 9.97 Å². The van der Waals surface area contributed by atoms with Crippen LogP contribution < -0.4 is 4.74 Å². The van der Waals surface area contributed by atoms with E-state index in [-0.39, 0.29) is 12.1 Å². The van der Waals surface area contributed by atoms with Gasteiger partial charge in [0.1, 0.15) is 23.7 Å². The van der Waals surface area contributed by atoms with Crippen molar-refractivity contribution in [3.63, 3.8) is 0 Å². The van der Waals surface area contributed by atoms with Gasteiger partial charge in [0.15, 0.2) is 11.6 Å². The Labute approximate surface area is 118 Å². The van der Waals surface area contributed by atoms with Crippen LogP contribution in [0.4, 0.5) is 8.78 Å². The number of rotatable bonds is 3. The quantitative estimate of drug-likeness (QED) is 0.790. The van der Waals surface area contributed by atoms with Gasteiger partial charge < -0.3 is 9.72 Å². The molecule has 0 fully saturated rings. The Morgan fingerprint density at radius 1 is 1.20 bits per heavy atom. The van der Waals surface area contributed by atoms with Crippen molar-refractivity contribution in [2.45, 2.75) is 6.61 Å². The number of fused-ring (bicyclic) bond motifs is 1. The summed E-state index contributed by atoms with van der Waals surface area (Å²) in [7, 11) is 0. The zero-order valence-electron chi connectivity index (χ0n) is 10.2. The van der Waals surface area contributed by atoms with Crippen molar-refractivity contribution in [1.29, 1.82) is 0 Å². The topological polar surface area (TPSA) is 37.9 Å². The molecule has 2 aromatic carbocycles. The fourth-order valence-electron chi connectivity index (χ4n) is 1.85. The van der Waals surface area contributed by atoms with E-state index in [1.54, 1.807) is 24.3 Å². The minimum Gasteiger partial charge on any atom is -0.486 e. The zero-order chi connectivity index (χ0) is 14.1. The summed E-state index contributed by atoms with van der Waals surface area (Å²) < 4.78 is 32.1. The first-order chi connectivity index (χ1) is 9.63. The van der Waals surface area contributed by atoms with Gasteiger partial charge in [-0.25, -0.2) is 13.8 Å². The van der Waals surface area contributed by atoms with Crippen molar-refractivity contribution in [2.24, 2.45) is 0 Å². The lowest BCUT2D eigenvalue weighted by Crippen LogP contribution is -1.97. The Balaban J connectivity index is 1.83. The molecule has 1 aromatic heterocycles. The maximum absolute atomic E-state index is 13.5. The van der Waals surface area contributed by atoms with Crippen molar-refractivity contribution >= 4 is 22.6 Å². The lowest BCUT2D eigenvalue weighted by molar-refractivity contribution is 0.297. The summed E-state index contributed by atoms with van der Waals surface area (Å²) in [6.45, 7) is 0.107. The van der Waals surface area contributed by atoms with Crippen LogP contribution in [0.15, 0.2) is 36.4 Å². The number of aromatic nitrogens is 2. The summed E-state index contributed by atoms with van der Waals surface area (Å²) in [4.78, 5) is 6.85. The van der Waals surface area contributed by atoms with E-state index < -0.39 is 11.6 Å². The van der Waals surface area contributed by atoms with Crippen LogP contribution in [0.3, 0.4) is 0 Å². The molecule has 0 unspecified atom stereocenters. The maximum atomic E-state index is 13.5. The third kappa shape index (κ3) is 2.44. The highest BCUT2D eigenvalue weighted by molar-refractivity contribution is 6.30. The summed E-state index contributed by atoms with van der Waals surface area (Å²) >= 11 is 5.83. The van der Waals surface area contributed by atoms with Crippen molar-refractivity contribution in [3.05, 3.63) is 58.9 Å². The molecule has 0 atom stereocenters. The Kier molecular flexibility index (Phi) is 3.28. The van der Waals surface area contributed by atoms with Crippen molar-refractivity contribution in [2.75, 3.05) is 0 Å². The smallest absolute Gasteiger partial charge is 0.186 e. The van der Waals surface area contributed by atoms with Crippen LogP contribution in [-0.4, -0.2) is 9.97 Å². The molecule has 0 radical (unpaired) electrons. The Hall–Kier alpha value is -2.14. The molecule has 3 rings (SSSR count). The van der Waals surface area contributed by atoms with Crippen molar-refractivity contribution < 1.29 is 13.5 Å². The van der Waals surface area contributed by atoms with Gasteiger partial charge in [0.2, 0.25) is 0 Å². The van der Waals surface area contributed by atoms with E-state index >= 15 is 0 Å². The molecule has 1 N–H and O–H groups in total. The lowest BCUT2D eigenvalue weighted by atomic mass is 10.3. The van der Waals surface area contributed by atoms with Gasteiger partial charge in [-0.15, -0.1) is 0 Å². The number of benzene rings is 2. The van der Waals surface area contributed by atoms with E-state index in [1.807, 2.05) is 0 Å². The second-order valence-corrected chi connectivity index (χ2v) is 4.62. The molecule has 3 aromatic rings. The number of hydrogen-bond acceptors (Lipinski definition) is 2. The van der Waals surface area contributed by atoms with Gasteiger partial charge in [-0.3, -0.25) is 0 Å². The van der Waals surface area contributed by atoms with Crippen LogP contribution in [0, 0.1) is 11.6 Å². The van der Waals surface area contributed by atoms with Gasteiger partial charge in [0, 0.05) is 5.02 Å². The standard InChI is InChI=1S/C14H9ClF2N2O/c15-8-2-1-3-9(6-8)20-7-12-18-11-5-4-10(16)13(17)14(11)19-12/h1-6H,7H2,(H,18,19). The van der Waals surface area contributed by atoms with Gasteiger partial charge in [-0.1, -0.05) is 17.7 Å². The predicted octanol–water partition coefficient (Wildman–Crippen LogP) is 4.07. The maximum Gasteiger partial charge on any atom is 0.186 e. The molecule has 102 valence electrons. The zero-order valence-corrected chi connectivity index (χ0v) is 10.9. The van der Waals surface area contributed by atoms with Gasteiger partial charge >= 0.3 is 0 Å². The van der Waals surface area contributed by atoms with Crippen LogP contribution in [0.5, 0.6) is 5.75 Å². The number of hydrogen-bond donors (Lipinski definition) is 1. The molecule has 3 nitrogen and oxygen atoms in total. The summed E-state index contributed by atoms with van der Waals surface area (Å²) in [6, 6.07) is 9.37. The average Bonchev–Trinajstić information content (AvgIpc) is 2.85. The molecule has 0 amide bonds. The van der Waals surface area contributed by atoms with Crippen LogP contribution in [0.2, 0.25) is 5.02 Å². The molecule has 0 saturated carbocycles. The Bertz CT molecular complexity index is 773. The van der Waals surface area contributed by atoms with E-state index in [0.29, 0.717) is 22.1 Å². The number of nitrogens with zero attached hydrogens (tertiary/aromatic N) is 1. The fraction of sp³-hybridized carbons (Fsp3) is 0.0714. The first-order valence-corrected chi connectivity index (χ1v) is 6.22. The molecule has 0 bridgehead atoms. The fourth-order valence-corrected chi connectivity index (χ4v) is 2.03. The monoisotopic (exact) mass is 294 g/mol. The minimum atomic E-state index is -0.965. The van der Waals surface area contributed by atoms with Crippen LogP contribution in [-0.2, 0) is 6.61 Å². The molecule has 0 aliphatic rings. The van der Waals surface area contributed by atoms with E-state index in [0.717, 1.165) is 6.07 Å². The summed E-state index contributed by atoms with van der Waals surface area (Å²) in [5.74, 6) is -0.909. The van der Waals surface area contributed by atoms with Crippen LogP contribution in [0.25, 0.3) is 11.0 Å². The highest BCUT2D eigenvalue weighted by atomic mass is 35.5. The van der Waals surface area contributed by atoms with E-state index in [1.165, 1.54) is 6.07 Å². The third-order valence-corrected chi connectivity index (χ3v) is 3.00. The van der Waals surface area contributed by atoms with Crippen LogP contribution >= 0.6 is 11.6 Å². The second-order valence-electron chi connectivity index (χ2n) is 4.19. The summed E-state index contributed by atoms with van der Waals surface area (Å²) in [5.41, 5.74) is 0.392. The normalized spacial score (nSPS) is 10.9.